The molecule has 0 spiro atoms. The third-order valence-electron chi connectivity index (χ3n) is 2.77. The number of aliphatic hydroxyl groups is 1. The van der Waals surface area contributed by atoms with Gasteiger partial charge in [-0.3, -0.25) is 0 Å². The molecule has 0 aliphatic rings. The minimum absolute atomic E-state index is 0.145. The molecule has 1 aromatic carbocycles. The highest BCUT2D eigenvalue weighted by Crippen LogP contribution is 2.39. The highest BCUT2D eigenvalue weighted by molar-refractivity contribution is 6.67. The topological polar surface area (TPSA) is 68.1 Å². The molecule has 0 bridgehead atoms. The number of hydrogen-bond acceptors (Lipinski definition) is 5. The molecular formula is C15H11Cl6N3O2. The highest BCUT2D eigenvalue weighted by atomic mass is 35.6. The Hall–Kier alpha value is -0.530. The third-order valence-corrected chi connectivity index (χ3v) is 3.79. The fourth-order valence-corrected chi connectivity index (χ4v) is 2.25. The van der Waals surface area contributed by atoms with Crippen molar-refractivity contribution in [3.8, 4) is 5.75 Å². The normalized spacial score (nSPS) is 13.8. The van der Waals surface area contributed by atoms with Crippen molar-refractivity contribution < 1.29 is 9.84 Å². The van der Waals surface area contributed by atoms with E-state index >= 15 is 0 Å². The zero-order valence-electron chi connectivity index (χ0n) is 13.0. The highest BCUT2D eigenvalue weighted by Gasteiger charge is 2.33. The maximum atomic E-state index is 9.19. The molecule has 0 radical (unpaired) electrons. The largest absolute Gasteiger partial charge is 0.465 e. The lowest BCUT2D eigenvalue weighted by molar-refractivity contribution is -0.000292. The minimum atomic E-state index is -1.91. The van der Waals surface area contributed by atoms with Crippen LogP contribution >= 0.6 is 69.6 Å². The molecular weight excluding hydrogens is 467 g/mol. The molecule has 2 aromatic rings. The summed E-state index contributed by atoms with van der Waals surface area (Å²) >= 11 is 34.9. The van der Waals surface area contributed by atoms with Crippen LogP contribution in [0.1, 0.15) is 30.0 Å². The molecule has 0 aliphatic carbocycles. The summed E-state index contributed by atoms with van der Waals surface area (Å²) in [6.07, 6.45) is 2.35. The van der Waals surface area contributed by atoms with Gasteiger partial charge in [-0.05, 0) is 30.7 Å². The second-order valence-corrected chi connectivity index (χ2v) is 9.52. The first-order chi connectivity index (χ1) is 11.9. The first-order valence-corrected chi connectivity index (χ1v) is 9.25. The van der Waals surface area contributed by atoms with Crippen LogP contribution in [0.5, 0.6) is 5.75 Å². The Bertz CT molecular complexity index is 753. The van der Waals surface area contributed by atoms with E-state index in [0.29, 0.717) is 5.75 Å². The van der Waals surface area contributed by atoms with E-state index in [2.05, 4.69) is 15.0 Å². The average Bonchev–Trinajstić information content (AvgIpc) is 2.52. The summed E-state index contributed by atoms with van der Waals surface area (Å²) in [5.41, 5.74) is 0.800. The van der Waals surface area contributed by atoms with Crippen molar-refractivity contribution in [1.29, 1.82) is 0 Å². The molecule has 0 amide bonds. The van der Waals surface area contributed by atoms with Crippen molar-refractivity contribution in [2.75, 3.05) is 0 Å². The first kappa shape index (κ1) is 21.8. The van der Waals surface area contributed by atoms with E-state index in [0.717, 1.165) is 5.56 Å². The fraction of sp³-hybridized carbons (Fsp3) is 0.267. The van der Waals surface area contributed by atoms with Crippen molar-refractivity contribution in [3.05, 3.63) is 47.3 Å². The van der Waals surface area contributed by atoms with Crippen LogP contribution in [0.4, 0.5) is 0 Å². The van der Waals surface area contributed by atoms with Gasteiger partial charge in [0.15, 0.2) is 23.8 Å². The Balaban J connectivity index is 2.31. The van der Waals surface area contributed by atoms with Crippen LogP contribution in [0.2, 0.25) is 0 Å². The SMILES string of the molecule is CC(O)Oc1ccc(/C=C/c2nc(C(Cl)(Cl)Cl)nc(C(Cl)(Cl)Cl)n2)cc1. The summed E-state index contributed by atoms with van der Waals surface area (Å²) in [6.45, 7) is 1.51. The molecule has 0 aliphatic heterocycles. The quantitative estimate of drug-likeness (QED) is 0.471. The first-order valence-electron chi connectivity index (χ1n) is 6.98. The van der Waals surface area contributed by atoms with Gasteiger partial charge >= 0.3 is 0 Å². The number of benzene rings is 1. The molecule has 5 nitrogen and oxygen atoms in total. The summed E-state index contributed by atoms with van der Waals surface area (Å²) in [5, 5.41) is 9.19. The van der Waals surface area contributed by atoms with Crippen LogP contribution in [-0.2, 0) is 7.59 Å². The van der Waals surface area contributed by atoms with Gasteiger partial charge < -0.3 is 9.84 Å². The van der Waals surface area contributed by atoms with E-state index < -0.39 is 13.9 Å². The molecule has 1 aromatic heterocycles. The van der Waals surface area contributed by atoms with E-state index in [1.54, 1.807) is 36.4 Å². The molecule has 1 atom stereocenters. The van der Waals surface area contributed by atoms with Gasteiger partial charge in [-0.2, -0.15) is 0 Å². The van der Waals surface area contributed by atoms with Gasteiger partial charge in [-0.25, -0.2) is 15.0 Å². The molecule has 140 valence electrons. The number of aliphatic hydroxyl groups excluding tert-OH is 1. The van der Waals surface area contributed by atoms with E-state index in [1.807, 2.05) is 0 Å². The summed E-state index contributed by atoms with van der Waals surface area (Å²) in [7, 11) is 0. The second kappa shape index (κ2) is 8.65. The van der Waals surface area contributed by atoms with Gasteiger partial charge in [-0.15, -0.1) is 0 Å². The Morgan fingerprint density at radius 2 is 1.38 bits per heavy atom. The Labute approximate surface area is 179 Å². The lowest BCUT2D eigenvalue weighted by Gasteiger charge is -2.14. The van der Waals surface area contributed by atoms with Crippen LogP contribution in [-0.4, -0.2) is 26.3 Å². The maximum Gasteiger partial charge on any atom is 0.250 e. The zero-order valence-corrected chi connectivity index (χ0v) is 17.5. The summed E-state index contributed by atoms with van der Waals surface area (Å²) in [6, 6.07) is 6.92. The second-order valence-electron chi connectivity index (χ2n) is 4.96. The van der Waals surface area contributed by atoms with Gasteiger partial charge in [0.05, 0.1) is 0 Å². The Morgan fingerprint density at radius 1 is 0.885 bits per heavy atom. The van der Waals surface area contributed by atoms with Crippen LogP contribution in [0, 0.1) is 0 Å². The molecule has 0 saturated carbocycles. The lowest BCUT2D eigenvalue weighted by Crippen LogP contribution is -2.16. The average molecular weight is 478 g/mol. The van der Waals surface area contributed by atoms with Crippen molar-refractivity contribution in [3.63, 3.8) is 0 Å². The van der Waals surface area contributed by atoms with Crippen LogP contribution in [0.3, 0.4) is 0 Å². The zero-order chi connectivity index (χ0) is 19.5. The Kier molecular flexibility index (Phi) is 7.24. The third kappa shape index (κ3) is 6.57. The molecule has 26 heavy (non-hydrogen) atoms. The number of alkyl halides is 6. The molecule has 2 rings (SSSR count). The molecule has 0 saturated heterocycles. The lowest BCUT2D eigenvalue weighted by atomic mass is 10.2. The van der Waals surface area contributed by atoms with Crippen molar-refractivity contribution in [1.82, 2.24) is 15.0 Å². The summed E-state index contributed by atoms with van der Waals surface area (Å²) in [4.78, 5) is 12.0. The monoisotopic (exact) mass is 475 g/mol. The number of aromatic nitrogens is 3. The van der Waals surface area contributed by atoms with E-state index in [1.165, 1.54) is 6.92 Å². The van der Waals surface area contributed by atoms with Gasteiger partial charge in [0.1, 0.15) is 5.75 Å². The van der Waals surface area contributed by atoms with Crippen molar-refractivity contribution in [2.24, 2.45) is 0 Å². The van der Waals surface area contributed by atoms with E-state index in [9.17, 15) is 5.11 Å². The van der Waals surface area contributed by atoms with Crippen LogP contribution < -0.4 is 4.74 Å². The van der Waals surface area contributed by atoms with Crippen LogP contribution in [0.15, 0.2) is 24.3 Å². The standard InChI is InChI=1S/C15H11Cl6N3O2/c1-8(25)26-10-5-2-9(3-6-10)4-7-11-22-12(14(16,17)18)24-13(23-11)15(19,20)21/h2-8,25H,1H3/b7-4+. The summed E-state index contributed by atoms with van der Waals surface area (Å²) < 4.78 is 1.34. The smallest absolute Gasteiger partial charge is 0.250 e. The number of halogens is 6. The number of ether oxygens (including phenoxy) is 1. The predicted octanol–water partition coefficient (Wildman–Crippen LogP) is 5.41. The number of rotatable bonds is 4. The van der Waals surface area contributed by atoms with Crippen LogP contribution in [0.25, 0.3) is 12.2 Å². The van der Waals surface area contributed by atoms with Crippen molar-refractivity contribution >= 4 is 81.8 Å². The van der Waals surface area contributed by atoms with Gasteiger partial charge in [0.2, 0.25) is 7.59 Å². The summed E-state index contributed by atoms with van der Waals surface area (Å²) in [5.74, 6) is 0.333. The van der Waals surface area contributed by atoms with E-state index in [-0.39, 0.29) is 17.5 Å². The number of nitrogens with zero attached hydrogens (tertiary/aromatic N) is 3. The fourth-order valence-electron chi connectivity index (χ4n) is 1.75. The molecule has 1 unspecified atom stereocenters. The molecule has 11 heteroatoms. The predicted molar refractivity (Wildman–Crippen MR) is 106 cm³/mol. The van der Waals surface area contributed by atoms with Gasteiger partial charge in [0.25, 0.3) is 0 Å². The minimum Gasteiger partial charge on any atom is -0.465 e. The maximum absolute atomic E-state index is 9.19. The Morgan fingerprint density at radius 3 is 1.81 bits per heavy atom. The van der Waals surface area contributed by atoms with Gasteiger partial charge in [0, 0.05) is 0 Å². The number of hydrogen-bond donors (Lipinski definition) is 1. The molecule has 0 fully saturated rings. The van der Waals surface area contributed by atoms with Gasteiger partial charge in [-0.1, -0.05) is 87.8 Å². The molecule has 1 N–H and O–H groups in total. The van der Waals surface area contributed by atoms with Crippen molar-refractivity contribution in [2.45, 2.75) is 20.8 Å². The van der Waals surface area contributed by atoms with E-state index in [4.69, 9.17) is 74.3 Å². The molecule has 1 heterocycles.